The molecule has 1 aliphatic carbocycles. The van der Waals surface area contributed by atoms with Crippen molar-refractivity contribution < 1.29 is 14.3 Å². The normalized spacial score (nSPS) is 31.5. The molecular formula is C7H9ClO3. The Morgan fingerprint density at radius 3 is 2.55 bits per heavy atom. The Morgan fingerprint density at radius 1 is 1.64 bits per heavy atom. The Balaban J connectivity index is 2.71. The van der Waals surface area contributed by atoms with Gasteiger partial charge >= 0.3 is 0 Å². The lowest BCUT2D eigenvalue weighted by atomic mass is 10.1. The largest absolute Gasteiger partial charge is 0.366 e. The van der Waals surface area contributed by atoms with Crippen LogP contribution < -0.4 is 0 Å². The molecule has 0 radical (unpaired) electrons. The third-order valence-electron chi connectivity index (χ3n) is 1.82. The predicted octanol–water partition coefficient (Wildman–Crippen LogP) is 0.398. The molecule has 1 rings (SSSR count). The van der Waals surface area contributed by atoms with Crippen molar-refractivity contribution in [3.05, 3.63) is 0 Å². The van der Waals surface area contributed by atoms with E-state index in [0.717, 1.165) is 0 Å². The maximum absolute atomic E-state index is 11.1. The van der Waals surface area contributed by atoms with Crippen molar-refractivity contribution in [2.24, 2.45) is 5.92 Å². The molecule has 0 aromatic rings. The molecule has 62 valence electrons. The van der Waals surface area contributed by atoms with Crippen molar-refractivity contribution >= 4 is 23.2 Å². The van der Waals surface area contributed by atoms with Crippen molar-refractivity contribution in [1.82, 2.24) is 0 Å². The average Bonchev–Trinajstić information content (AvgIpc) is 2.26. The number of ether oxygens (including phenoxy) is 1. The van der Waals surface area contributed by atoms with Crippen LogP contribution in [0.3, 0.4) is 0 Å². The Morgan fingerprint density at radius 2 is 2.27 bits per heavy atom. The number of methoxy groups -OCH3 is 1. The lowest BCUT2D eigenvalue weighted by Gasteiger charge is -2.03. The Bertz CT molecular complexity index is 190. The third-order valence-corrected chi connectivity index (χ3v) is 2.20. The van der Waals surface area contributed by atoms with Crippen molar-refractivity contribution in [1.29, 1.82) is 0 Å². The number of carbonyl (C=O) groups is 2. The number of carbonyl (C=O) groups excluding carboxylic acids is 2. The van der Waals surface area contributed by atoms with Gasteiger partial charge in [0, 0.05) is 25.3 Å². The summed E-state index contributed by atoms with van der Waals surface area (Å²) in [7, 11) is 1.36. The quantitative estimate of drug-likeness (QED) is 0.452. The van der Waals surface area contributed by atoms with E-state index in [1.807, 2.05) is 0 Å². The summed E-state index contributed by atoms with van der Waals surface area (Å²) in [5.74, 6) is -0.436. The van der Waals surface area contributed by atoms with Crippen LogP contribution in [0.5, 0.6) is 0 Å². The molecule has 0 spiro atoms. The Kier molecular flexibility index (Phi) is 2.62. The second-order valence-electron chi connectivity index (χ2n) is 2.54. The molecule has 1 saturated carbocycles. The number of hydrogen-bond acceptors (Lipinski definition) is 3. The highest BCUT2D eigenvalue weighted by atomic mass is 35.5. The van der Waals surface area contributed by atoms with E-state index in [4.69, 9.17) is 16.3 Å². The number of Topliss-reactive ketones (excluding diaryl/α,β-unsaturated/α-hetero) is 2. The summed E-state index contributed by atoms with van der Waals surface area (Å²) in [4.78, 5) is 22.1. The van der Waals surface area contributed by atoms with Crippen LogP contribution in [0.4, 0.5) is 0 Å². The highest BCUT2D eigenvalue weighted by Crippen LogP contribution is 2.21. The van der Waals surface area contributed by atoms with Gasteiger partial charge in [-0.05, 0) is 0 Å². The van der Waals surface area contributed by atoms with Crippen LogP contribution in [-0.4, -0.2) is 30.7 Å². The van der Waals surface area contributed by atoms with Crippen molar-refractivity contribution in [2.75, 3.05) is 13.0 Å². The van der Waals surface area contributed by atoms with Crippen LogP contribution in [0.25, 0.3) is 0 Å². The second-order valence-corrected chi connectivity index (χ2v) is 2.85. The van der Waals surface area contributed by atoms with Gasteiger partial charge < -0.3 is 4.74 Å². The van der Waals surface area contributed by atoms with Gasteiger partial charge in [0.1, 0.15) is 0 Å². The summed E-state index contributed by atoms with van der Waals surface area (Å²) < 4.78 is 4.71. The maximum Gasteiger partial charge on any atom is 0.174 e. The molecular weight excluding hydrogens is 168 g/mol. The van der Waals surface area contributed by atoms with E-state index >= 15 is 0 Å². The topological polar surface area (TPSA) is 43.4 Å². The van der Waals surface area contributed by atoms with Crippen LogP contribution >= 0.6 is 11.6 Å². The predicted molar refractivity (Wildman–Crippen MR) is 39.6 cm³/mol. The van der Waals surface area contributed by atoms with Gasteiger partial charge in [-0.25, -0.2) is 0 Å². The van der Waals surface area contributed by atoms with Crippen molar-refractivity contribution in [3.8, 4) is 0 Å². The molecule has 0 bridgehead atoms. The van der Waals surface area contributed by atoms with Gasteiger partial charge in [0.2, 0.25) is 0 Å². The molecule has 3 nitrogen and oxygen atoms in total. The van der Waals surface area contributed by atoms with Gasteiger partial charge in [-0.1, -0.05) is 0 Å². The van der Waals surface area contributed by atoms with E-state index < -0.39 is 6.10 Å². The number of rotatable bonds is 2. The molecule has 1 fully saturated rings. The summed E-state index contributed by atoms with van der Waals surface area (Å²) in [5.41, 5.74) is 0. The molecule has 0 amide bonds. The van der Waals surface area contributed by atoms with Crippen LogP contribution in [-0.2, 0) is 14.3 Å². The molecule has 0 heterocycles. The number of ketones is 2. The van der Waals surface area contributed by atoms with Gasteiger partial charge in [0.25, 0.3) is 0 Å². The molecule has 0 aromatic heterocycles. The zero-order valence-corrected chi connectivity index (χ0v) is 6.93. The van der Waals surface area contributed by atoms with E-state index in [0.29, 0.717) is 0 Å². The standard InChI is InChI=1S/C7H9ClO3/c1-11-7-5(9)2-4(3-8)6(7)10/h4,7H,2-3H2,1H3/t4?,7-/m1/s1. The first-order valence-corrected chi connectivity index (χ1v) is 3.89. The van der Waals surface area contributed by atoms with Crippen LogP contribution in [0.1, 0.15) is 6.42 Å². The Hall–Kier alpha value is -0.410. The molecule has 0 aromatic carbocycles. The van der Waals surface area contributed by atoms with E-state index in [9.17, 15) is 9.59 Å². The first kappa shape index (κ1) is 8.68. The fourth-order valence-corrected chi connectivity index (χ4v) is 1.46. The molecule has 11 heavy (non-hydrogen) atoms. The Labute approximate surface area is 69.7 Å². The number of hydrogen-bond donors (Lipinski definition) is 0. The second kappa shape index (κ2) is 3.32. The summed E-state index contributed by atoms with van der Waals surface area (Å²) in [5, 5.41) is 0. The highest BCUT2D eigenvalue weighted by Gasteiger charge is 2.40. The van der Waals surface area contributed by atoms with E-state index in [-0.39, 0.29) is 29.8 Å². The maximum atomic E-state index is 11.1. The first-order valence-electron chi connectivity index (χ1n) is 3.36. The minimum Gasteiger partial charge on any atom is -0.366 e. The lowest BCUT2D eigenvalue weighted by molar-refractivity contribution is -0.135. The number of halogens is 1. The van der Waals surface area contributed by atoms with Crippen LogP contribution in [0.2, 0.25) is 0 Å². The number of alkyl halides is 1. The average molecular weight is 177 g/mol. The highest BCUT2D eigenvalue weighted by molar-refractivity contribution is 6.22. The lowest BCUT2D eigenvalue weighted by Crippen LogP contribution is -2.25. The van der Waals surface area contributed by atoms with Crippen molar-refractivity contribution in [2.45, 2.75) is 12.5 Å². The zero-order valence-electron chi connectivity index (χ0n) is 6.17. The van der Waals surface area contributed by atoms with Crippen LogP contribution in [0.15, 0.2) is 0 Å². The van der Waals surface area contributed by atoms with Crippen LogP contribution in [0, 0.1) is 5.92 Å². The fourth-order valence-electron chi connectivity index (χ4n) is 1.20. The fraction of sp³-hybridized carbons (Fsp3) is 0.714. The summed E-state index contributed by atoms with van der Waals surface area (Å²) in [6.45, 7) is 0. The van der Waals surface area contributed by atoms with E-state index in [1.165, 1.54) is 7.11 Å². The molecule has 0 aliphatic heterocycles. The minimum absolute atomic E-state index is 0.150. The van der Waals surface area contributed by atoms with Gasteiger partial charge in [-0.3, -0.25) is 9.59 Å². The molecule has 1 aliphatic rings. The summed E-state index contributed by atoms with van der Waals surface area (Å²) in [6, 6.07) is 0. The first-order chi connectivity index (χ1) is 5.20. The zero-order chi connectivity index (χ0) is 8.43. The van der Waals surface area contributed by atoms with Gasteiger partial charge in [0.05, 0.1) is 0 Å². The van der Waals surface area contributed by atoms with Gasteiger partial charge in [0.15, 0.2) is 17.7 Å². The van der Waals surface area contributed by atoms with E-state index in [2.05, 4.69) is 0 Å². The third kappa shape index (κ3) is 1.44. The molecule has 4 heteroatoms. The van der Waals surface area contributed by atoms with Crippen molar-refractivity contribution in [3.63, 3.8) is 0 Å². The summed E-state index contributed by atoms with van der Waals surface area (Å²) >= 11 is 5.46. The SMILES string of the molecule is CO[C@@H]1C(=O)CC(CCl)C1=O. The molecule has 0 saturated heterocycles. The molecule has 1 unspecified atom stereocenters. The smallest absolute Gasteiger partial charge is 0.174 e. The monoisotopic (exact) mass is 176 g/mol. The molecule has 2 atom stereocenters. The minimum atomic E-state index is -0.848. The molecule has 0 N–H and O–H groups in total. The van der Waals surface area contributed by atoms with Gasteiger partial charge in [-0.2, -0.15) is 0 Å². The summed E-state index contributed by atoms with van der Waals surface area (Å²) in [6.07, 6.45) is -0.611. The van der Waals surface area contributed by atoms with E-state index in [1.54, 1.807) is 0 Å². The van der Waals surface area contributed by atoms with Gasteiger partial charge in [-0.15, -0.1) is 11.6 Å².